The first-order valence-electron chi connectivity index (χ1n) is 7.46. The third kappa shape index (κ3) is 6.36. The van der Waals surface area contributed by atoms with Gasteiger partial charge >= 0.3 is 0 Å². The van der Waals surface area contributed by atoms with E-state index >= 15 is 0 Å². The minimum atomic E-state index is 0.237. The maximum Gasteiger partial charge on any atom is 0.220 e. The number of carbonyl (C=O) groups is 1. The van der Waals surface area contributed by atoms with E-state index in [9.17, 15) is 4.79 Å². The quantitative estimate of drug-likeness (QED) is 0.641. The molecular weight excluding hydrogens is 226 g/mol. The molecule has 1 heterocycles. The Kier molecular flexibility index (Phi) is 8.01. The number of nitrogens with one attached hydrogen (secondary N) is 2. The Morgan fingerprint density at radius 3 is 2.56 bits per heavy atom. The van der Waals surface area contributed by atoms with Crippen LogP contribution in [-0.2, 0) is 4.79 Å². The van der Waals surface area contributed by atoms with E-state index in [0.29, 0.717) is 12.3 Å². The number of carbonyl (C=O) groups excluding carboxylic acids is 1. The molecule has 1 aliphatic heterocycles. The second kappa shape index (κ2) is 9.34. The van der Waals surface area contributed by atoms with Gasteiger partial charge in [0.15, 0.2) is 0 Å². The maximum absolute atomic E-state index is 11.7. The summed E-state index contributed by atoms with van der Waals surface area (Å²) in [6, 6.07) is 0. The van der Waals surface area contributed by atoms with Crippen LogP contribution in [0.2, 0.25) is 0 Å². The average Bonchev–Trinajstić information content (AvgIpc) is 2.40. The van der Waals surface area contributed by atoms with E-state index in [1.807, 2.05) is 0 Å². The molecule has 0 bridgehead atoms. The van der Waals surface area contributed by atoms with E-state index in [1.54, 1.807) is 0 Å². The monoisotopic (exact) mass is 255 g/mol. The largest absolute Gasteiger partial charge is 0.356 e. The molecule has 4 nitrogen and oxygen atoms in total. The van der Waals surface area contributed by atoms with Gasteiger partial charge in [0.05, 0.1) is 0 Å². The Hall–Kier alpha value is -0.610. The van der Waals surface area contributed by atoms with Gasteiger partial charge in [0.2, 0.25) is 5.91 Å². The van der Waals surface area contributed by atoms with Gasteiger partial charge in [0, 0.05) is 13.0 Å². The molecule has 1 rings (SSSR count). The van der Waals surface area contributed by atoms with Crippen LogP contribution in [0.4, 0.5) is 0 Å². The third-order valence-electron chi connectivity index (χ3n) is 3.80. The molecule has 1 fully saturated rings. The Balaban J connectivity index is 2.02. The van der Waals surface area contributed by atoms with Crippen LogP contribution in [0.15, 0.2) is 0 Å². The highest BCUT2D eigenvalue weighted by Crippen LogP contribution is 2.15. The number of hydrogen-bond donors (Lipinski definition) is 2. The van der Waals surface area contributed by atoms with Crippen molar-refractivity contribution in [3.05, 3.63) is 0 Å². The van der Waals surface area contributed by atoms with E-state index < -0.39 is 0 Å². The minimum absolute atomic E-state index is 0.237. The minimum Gasteiger partial charge on any atom is -0.356 e. The molecule has 1 aliphatic rings. The van der Waals surface area contributed by atoms with Crippen molar-refractivity contribution < 1.29 is 4.79 Å². The van der Waals surface area contributed by atoms with Gasteiger partial charge in [0.25, 0.3) is 0 Å². The maximum atomic E-state index is 11.7. The second-order valence-electron chi connectivity index (χ2n) is 5.13. The summed E-state index contributed by atoms with van der Waals surface area (Å²) in [6.45, 7) is 10.6. The van der Waals surface area contributed by atoms with Gasteiger partial charge in [0.1, 0.15) is 0 Å². The molecule has 0 aromatic heterocycles. The molecule has 4 heteroatoms. The standard InChI is InChI=1S/C14H29N3O/c1-3-17(4-2)11-5-8-16-14(18)12-13-6-9-15-10-7-13/h13,15H,3-12H2,1-2H3,(H,16,18). The van der Waals surface area contributed by atoms with Crippen molar-refractivity contribution in [2.45, 2.75) is 39.5 Å². The molecule has 0 unspecified atom stereocenters. The Labute approximate surface area is 111 Å². The van der Waals surface area contributed by atoms with Crippen LogP contribution in [0.25, 0.3) is 0 Å². The Morgan fingerprint density at radius 1 is 1.28 bits per heavy atom. The average molecular weight is 255 g/mol. The topological polar surface area (TPSA) is 44.4 Å². The summed E-state index contributed by atoms with van der Waals surface area (Å²) in [6.07, 6.45) is 4.06. The lowest BCUT2D eigenvalue weighted by molar-refractivity contribution is -0.122. The van der Waals surface area contributed by atoms with Crippen molar-refractivity contribution in [1.82, 2.24) is 15.5 Å². The molecule has 0 aliphatic carbocycles. The predicted octanol–water partition coefficient (Wildman–Crippen LogP) is 1.22. The first-order valence-corrected chi connectivity index (χ1v) is 7.46. The summed E-state index contributed by atoms with van der Waals surface area (Å²) in [7, 11) is 0. The van der Waals surface area contributed by atoms with Gasteiger partial charge in [-0.05, 0) is 57.9 Å². The lowest BCUT2D eigenvalue weighted by Gasteiger charge is -2.22. The fourth-order valence-corrected chi connectivity index (χ4v) is 2.49. The van der Waals surface area contributed by atoms with Crippen LogP contribution in [0.3, 0.4) is 0 Å². The predicted molar refractivity (Wildman–Crippen MR) is 75.6 cm³/mol. The zero-order valence-corrected chi connectivity index (χ0v) is 12.0. The van der Waals surface area contributed by atoms with E-state index in [-0.39, 0.29) is 5.91 Å². The highest BCUT2D eigenvalue weighted by Gasteiger charge is 2.16. The number of amides is 1. The molecule has 0 aromatic rings. The van der Waals surface area contributed by atoms with Gasteiger partial charge in [-0.2, -0.15) is 0 Å². The number of nitrogens with zero attached hydrogens (tertiary/aromatic N) is 1. The van der Waals surface area contributed by atoms with Crippen molar-refractivity contribution in [3.8, 4) is 0 Å². The summed E-state index contributed by atoms with van der Waals surface area (Å²) in [5, 5.41) is 6.38. The van der Waals surface area contributed by atoms with Gasteiger partial charge < -0.3 is 15.5 Å². The van der Waals surface area contributed by atoms with Crippen LogP contribution in [-0.4, -0.2) is 50.1 Å². The van der Waals surface area contributed by atoms with Crippen LogP contribution in [0, 0.1) is 5.92 Å². The zero-order chi connectivity index (χ0) is 13.2. The molecule has 0 atom stereocenters. The van der Waals surface area contributed by atoms with Crippen molar-refractivity contribution in [1.29, 1.82) is 0 Å². The van der Waals surface area contributed by atoms with Gasteiger partial charge in [-0.1, -0.05) is 13.8 Å². The molecule has 1 amide bonds. The number of hydrogen-bond acceptors (Lipinski definition) is 3. The smallest absolute Gasteiger partial charge is 0.220 e. The summed E-state index contributed by atoms with van der Waals surface area (Å²) in [5.74, 6) is 0.829. The fourth-order valence-electron chi connectivity index (χ4n) is 2.49. The third-order valence-corrected chi connectivity index (χ3v) is 3.80. The van der Waals surface area contributed by atoms with Crippen molar-refractivity contribution >= 4 is 5.91 Å². The number of rotatable bonds is 8. The summed E-state index contributed by atoms with van der Waals surface area (Å²) < 4.78 is 0. The molecule has 2 N–H and O–H groups in total. The second-order valence-corrected chi connectivity index (χ2v) is 5.13. The highest BCUT2D eigenvalue weighted by atomic mass is 16.1. The van der Waals surface area contributed by atoms with Crippen LogP contribution in [0.5, 0.6) is 0 Å². The van der Waals surface area contributed by atoms with Crippen molar-refractivity contribution in [3.63, 3.8) is 0 Å². The number of piperidine rings is 1. The molecule has 0 saturated carbocycles. The molecule has 0 radical (unpaired) electrons. The van der Waals surface area contributed by atoms with Crippen LogP contribution in [0.1, 0.15) is 39.5 Å². The normalized spacial score (nSPS) is 17.1. The lowest BCUT2D eigenvalue weighted by Crippen LogP contribution is -2.33. The molecule has 18 heavy (non-hydrogen) atoms. The highest BCUT2D eigenvalue weighted by molar-refractivity contribution is 5.76. The van der Waals surface area contributed by atoms with Crippen molar-refractivity contribution in [2.75, 3.05) is 39.3 Å². The van der Waals surface area contributed by atoms with Gasteiger partial charge in [-0.15, -0.1) is 0 Å². The van der Waals surface area contributed by atoms with E-state index in [0.717, 1.165) is 58.5 Å². The molecule has 0 spiro atoms. The molecule has 1 saturated heterocycles. The zero-order valence-electron chi connectivity index (χ0n) is 12.0. The first kappa shape index (κ1) is 15.4. The van der Waals surface area contributed by atoms with Gasteiger partial charge in [-0.25, -0.2) is 0 Å². The summed E-state index contributed by atoms with van der Waals surface area (Å²) in [5.41, 5.74) is 0. The first-order chi connectivity index (χ1) is 8.76. The SMILES string of the molecule is CCN(CC)CCCNC(=O)CC1CCNCC1. The molecule has 106 valence electrons. The van der Waals surface area contributed by atoms with Crippen molar-refractivity contribution in [2.24, 2.45) is 5.92 Å². The molecule has 0 aromatic carbocycles. The van der Waals surface area contributed by atoms with Crippen LogP contribution < -0.4 is 10.6 Å². The van der Waals surface area contributed by atoms with E-state index in [4.69, 9.17) is 0 Å². The Bertz CT molecular complexity index is 223. The summed E-state index contributed by atoms with van der Waals surface area (Å²) >= 11 is 0. The Morgan fingerprint density at radius 2 is 1.94 bits per heavy atom. The lowest BCUT2D eigenvalue weighted by atomic mass is 9.94. The van der Waals surface area contributed by atoms with E-state index in [2.05, 4.69) is 29.4 Å². The van der Waals surface area contributed by atoms with E-state index in [1.165, 1.54) is 0 Å². The fraction of sp³-hybridized carbons (Fsp3) is 0.929. The molecular formula is C14H29N3O. The summed E-state index contributed by atoms with van der Waals surface area (Å²) in [4.78, 5) is 14.1. The van der Waals surface area contributed by atoms with Gasteiger partial charge in [-0.3, -0.25) is 4.79 Å². The van der Waals surface area contributed by atoms with Crippen LogP contribution >= 0.6 is 0 Å².